The highest BCUT2D eigenvalue weighted by atomic mass is 79.9. The van der Waals surface area contributed by atoms with Gasteiger partial charge in [0.25, 0.3) is 0 Å². The number of hydrogen-bond donors (Lipinski definition) is 2. The van der Waals surface area contributed by atoms with E-state index in [2.05, 4.69) is 40.4 Å². The molecule has 4 heteroatoms. The number of carbonyl (C=O) groups is 1. The molecule has 1 aromatic rings. The Kier molecular flexibility index (Phi) is 6.22. The Balaban J connectivity index is 2.31. The van der Waals surface area contributed by atoms with Crippen LogP contribution in [0.3, 0.4) is 0 Å². The summed E-state index contributed by atoms with van der Waals surface area (Å²) in [5, 5.41) is 6.05. The van der Waals surface area contributed by atoms with Gasteiger partial charge in [0.2, 0.25) is 5.91 Å². The van der Waals surface area contributed by atoms with Crippen LogP contribution in [0, 0.1) is 0 Å². The van der Waals surface area contributed by atoms with Gasteiger partial charge in [-0.15, -0.1) is 0 Å². The molecule has 1 amide bonds. The Morgan fingerprint density at radius 3 is 2.76 bits per heavy atom. The lowest BCUT2D eigenvalue weighted by atomic mass is 10.2. The van der Waals surface area contributed by atoms with Gasteiger partial charge in [-0.3, -0.25) is 4.79 Å². The summed E-state index contributed by atoms with van der Waals surface area (Å²) in [5.74, 6) is 0.0288. The summed E-state index contributed by atoms with van der Waals surface area (Å²) in [5.41, 5.74) is 1.09. The zero-order chi connectivity index (χ0) is 12.7. The summed E-state index contributed by atoms with van der Waals surface area (Å²) in [6.07, 6.45) is 1.03. The van der Waals surface area contributed by atoms with E-state index in [-0.39, 0.29) is 5.91 Å². The molecule has 0 aliphatic rings. The summed E-state index contributed by atoms with van der Waals surface area (Å²) in [7, 11) is 0. The third-order valence-electron chi connectivity index (χ3n) is 2.66. The molecular weight excluding hydrogens is 280 g/mol. The first-order chi connectivity index (χ1) is 8.13. The number of hydrogen-bond acceptors (Lipinski definition) is 2. The van der Waals surface area contributed by atoms with Crippen LogP contribution in [0.1, 0.15) is 25.8 Å². The van der Waals surface area contributed by atoms with Crippen LogP contribution >= 0.6 is 15.9 Å². The number of nitrogens with one attached hydrogen (secondary N) is 2. The van der Waals surface area contributed by atoms with Crippen molar-refractivity contribution in [2.45, 2.75) is 32.9 Å². The van der Waals surface area contributed by atoms with Gasteiger partial charge in [0, 0.05) is 17.1 Å². The minimum atomic E-state index is 0.0288. The van der Waals surface area contributed by atoms with Crippen molar-refractivity contribution in [3.05, 3.63) is 34.3 Å². The van der Waals surface area contributed by atoms with Crippen LogP contribution in [0.5, 0.6) is 0 Å². The zero-order valence-corrected chi connectivity index (χ0v) is 11.9. The number of rotatable bonds is 6. The Bertz CT molecular complexity index is 368. The van der Waals surface area contributed by atoms with Gasteiger partial charge in [-0.05, 0) is 25.0 Å². The van der Waals surface area contributed by atoms with Crippen LogP contribution in [-0.2, 0) is 11.3 Å². The molecule has 2 N–H and O–H groups in total. The molecule has 0 aliphatic heterocycles. The van der Waals surface area contributed by atoms with Gasteiger partial charge in [-0.1, -0.05) is 41.1 Å². The predicted octanol–water partition coefficient (Wildman–Crippen LogP) is 2.45. The van der Waals surface area contributed by atoms with Crippen molar-refractivity contribution in [3.8, 4) is 0 Å². The lowest BCUT2D eigenvalue weighted by Crippen LogP contribution is -2.37. The molecule has 0 spiro atoms. The summed E-state index contributed by atoms with van der Waals surface area (Å²) in [6, 6.07) is 8.26. The lowest BCUT2D eigenvalue weighted by Gasteiger charge is -2.11. The van der Waals surface area contributed by atoms with Gasteiger partial charge in [0.15, 0.2) is 0 Å². The molecule has 0 fully saturated rings. The first-order valence-corrected chi connectivity index (χ1v) is 6.66. The van der Waals surface area contributed by atoms with E-state index in [1.165, 1.54) is 0 Å². The third-order valence-corrected chi connectivity index (χ3v) is 3.43. The van der Waals surface area contributed by atoms with Crippen molar-refractivity contribution in [1.82, 2.24) is 10.6 Å². The molecule has 94 valence electrons. The monoisotopic (exact) mass is 298 g/mol. The lowest BCUT2D eigenvalue weighted by molar-refractivity contribution is -0.120. The molecule has 1 rings (SSSR count). The maximum absolute atomic E-state index is 11.6. The Hall–Kier alpha value is -0.870. The molecule has 1 unspecified atom stereocenters. The Labute approximate surface area is 111 Å². The van der Waals surface area contributed by atoms with E-state index < -0.39 is 0 Å². The van der Waals surface area contributed by atoms with Crippen molar-refractivity contribution in [2.24, 2.45) is 0 Å². The summed E-state index contributed by atoms with van der Waals surface area (Å²) in [6.45, 7) is 5.10. The number of halogens is 1. The summed E-state index contributed by atoms with van der Waals surface area (Å²) < 4.78 is 1.02. The normalized spacial score (nSPS) is 12.2. The van der Waals surface area contributed by atoms with Gasteiger partial charge in [0.1, 0.15) is 0 Å². The minimum absolute atomic E-state index is 0.0288. The smallest absolute Gasteiger partial charge is 0.234 e. The maximum atomic E-state index is 11.6. The second-order valence-corrected chi connectivity index (χ2v) is 4.91. The SMILES string of the molecule is CCC(C)NCC(=O)NCc1ccccc1Br. The topological polar surface area (TPSA) is 41.1 Å². The highest BCUT2D eigenvalue weighted by molar-refractivity contribution is 9.10. The molecule has 1 atom stereocenters. The number of benzene rings is 1. The standard InChI is InChI=1S/C13H19BrN2O/c1-3-10(2)15-9-13(17)16-8-11-6-4-5-7-12(11)14/h4-7,10,15H,3,8-9H2,1-2H3,(H,16,17). The molecule has 0 saturated carbocycles. The largest absolute Gasteiger partial charge is 0.351 e. The first-order valence-electron chi connectivity index (χ1n) is 5.87. The van der Waals surface area contributed by atoms with E-state index >= 15 is 0 Å². The average Bonchev–Trinajstić information content (AvgIpc) is 2.35. The first kappa shape index (κ1) is 14.2. The van der Waals surface area contributed by atoms with E-state index in [0.29, 0.717) is 19.1 Å². The van der Waals surface area contributed by atoms with Crippen molar-refractivity contribution in [2.75, 3.05) is 6.54 Å². The molecule has 0 bridgehead atoms. The molecule has 3 nitrogen and oxygen atoms in total. The number of carbonyl (C=O) groups excluding carboxylic acids is 1. The third kappa shape index (κ3) is 5.33. The van der Waals surface area contributed by atoms with Crippen LogP contribution in [0.25, 0.3) is 0 Å². The van der Waals surface area contributed by atoms with E-state index in [4.69, 9.17) is 0 Å². The quantitative estimate of drug-likeness (QED) is 0.847. The average molecular weight is 299 g/mol. The van der Waals surface area contributed by atoms with Crippen molar-refractivity contribution >= 4 is 21.8 Å². The summed E-state index contributed by atoms with van der Waals surface area (Å²) >= 11 is 3.45. The fourth-order valence-electron chi connectivity index (χ4n) is 1.31. The van der Waals surface area contributed by atoms with Crippen LogP contribution in [0.2, 0.25) is 0 Å². The highest BCUT2D eigenvalue weighted by Crippen LogP contribution is 2.15. The van der Waals surface area contributed by atoms with E-state index in [0.717, 1.165) is 16.5 Å². The zero-order valence-electron chi connectivity index (χ0n) is 10.3. The molecule has 1 aromatic carbocycles. The maximum Gasteiger partial charge on any atom is 0.234 e. The van der Waals surface area contributed by atoms with Crippen molar-refractivity contribution in [1.29, 1.82) is 0 Å². The van der Waals surface area contributed by atoms with Gasteiger partial charge in [0.05, 0.1) is 6.54 Å². The van der Waals surface area contributed by atoms with E-state index in [1.54, 1.807) is 0 Å². The van der Waals surface area contributed by atoms with E-state index in [1.807, 2.05) is 24.3 Å². The molecule has 0 saturated heterocycles. The van der Waals surface area contributed by atoms with Gasteiger partial charge < -0.3 is 10.6 Å². The molecule has 0 aromatic heterocycles. The van der Waals surface area contributed by atoms with Gasteiger partial charge in [-0.2, -0.15) is 0 Å². The Morgan fingerprint density at radius 1 is 1.41 bits per heavy atom. The second kappa shape index (κ2) is 7.45. The molecule has 0 radical (unpaired) electrons. The predicted molar refractivity (Wildman–Crippen MR) is 73.7 cm³/mol. The summed E-state index contributed by atoms with van der Waals surface area (Å²) in [4.78, 5) is 11.6. The van der Waals surface area contributed by atoms with Gasteiger partial charge in [-0.25, -0.2) is 0 Å². The fraction of sp³-hybridized carbons (Fsp3) is 0.462. The van der Waals surface area contributed by atoms with Crippen LogP contribution in [0.4, 0.5) is 0 Å². The fourth-order valence-corrected chi connectivity index (χ4v) is 1.73. The number of amides is 1. The van der Waals surface area contributed by atoms with Crippen molar-refractivity contribution < 1.29 is 4.79 Å². The molecular formula is C13H19BrN2O. The van der Waals surface area contributed by atoms with Gasteiger partial charge >= 0.3 is 0 Å². The van der Waals surface area contributed by atoms with Crippen LogP contribution < -0.4 is 10.6 Å². The van der Waals surface area contributed by atoms with Crippen LogP contribution in [0.15, 0.2) is 28.7 Å². The highest BCUT2D eigenvalue weighted by Gasteiger charge is 2.04. The van der Waals surface area contributed by atoms with Crippen molar-refractivity contribution in [3.63, 3.8) is 0 Å². The second-order valence-electron chi connectivity index (χ2n) is 4.06. The molecule has 17 heavy (non-hydrogen) atoms. The minimum Gasteiger partial charge on any atom is -0.351 e. The van der Waals surface area contributed by atoms with Crippen LogP contribution in [-0.4, -0.2) is 18.5 Å². The Morgan fingerprint density at radius 2 is 2.12 bits per heavy atom. The molecule has 0 aliphatic carbocycles. The molecule has 0 heterocycles. The van der Waals surface area contributed by atoms with E-state index in [9.17, 15) is 4.79 Å².